The highest BCUT2D eigenvalue weighted by molar-refractivity contribution is 7.90. The maximum absolute atomic E-state index is 14.8. The monoisotopic (exact) mass is 626 g/mol. The van der Waals surface area contributed by atoms with Crippen molar-refractivity contribution in [3.63, 3.8) is 0 Å². The standard InChI is InChI=1S/C33H20ClFN2O4S2/c1-19-6-10-24(11-7-19)43(40,41)37-29-13-9-23(35)18-27(29)30(26-14-15-42-32(26)36-2)31(37)21-5-3-4-20(16-21)25-12-8-22(33(38)39)17-28(25)34/h3-18H,1H3,(H,38,39). The normalized spacial score (nSPS) is 11.5. The molecule has 0 aliphatic rings. The third-order valence-electron chi connectivity index (χ3n) is 7.12. The number of aryl methyl sites for hydroxylation is 1. The molecule has 6 aromatic rings. The van der Waals surface area contributed by atoms with Crippen LogP contribution in [0.5, 0.6) is 0 Å². The van der Waals surface area contributed by atoms with Gasteiger partial charge in [0.15, 0.2) is 0 Å². The zero-order valence-electron chi connectivity index (χ0n) is 22.4. The van der Waals surface area contributed by atoms with Gasteiger partial charge >= 0.3 is 5.97 Å². The van der Waals surface area contributed by atoms with E-state index in [4.69, 9.17) is 18.2 Å². The van der Waals surface area contributed by atoms with Crippen LogP contribution in [-0.4, -0.2) is 23.5 Å². The molecule has 0 aliphatic carbocycles. The molecule has 2 heterocycles. The predicted molar refractivity (Wildman–Crippen MR) is 168 cm³/mol. The Kier molecular flexibility index (Phi) is 7.14. The van der Waals surface area contributed by atoms with Crippen molar-refractivity contribution < 1.29 is 22.7 Å². The molecule has 10 heteroatoms. The smallest absolute Gasteiger partial charge is 0.335 e. The average Bonchev–Trinajstić information content (AvgIpc) is 3.59. The maximum Gasteiger partial charge on any atom is 0.335 e. The number of nitrogens with zero attached hydrogens (tertiary/aromatic N) is 2. The van der Waals surface area contributed by atoms with E-state index in [9.17, 15) is 22.7 Å². The lowest BCUT2D eigenvalue weighted by atomic mass is 9.96. The Balaban J connectivity index is 1.72. The molecule has 0 atom stereocenters. The Morgan fingerprint density at radius 1 is 0.953 bits per heavy atom. The highest BCUT2D eigenvalue weighted by Crippen LogP contribution is 2.48. The van der Waals surface area contributed by atoms with Crippen molar-refractivity contribution in [3.05, 3.63) is 130 Å². The van der Waals surface area contributed by atoms with Crippen molar-refractivity contribution in [1.82, 2.24) is 3.97 Å². The number of hydrogen-bond donors (Lipinski definition) is 1. The molecule has 4 aromatic carbocycles. The van der Waals surface area contributed by atoms with E-state index in [-0.39, 0.29) is 26.7 Å². The molecule has 43 heavy (non-hydrogen) atoms. The Morgan fingerprint density at radius 3 is 2.40 bits per heavy atom. The Hall–Kier alpha value is -4.75. The molecule has 0 unspecified atom stereocenters. The molecule has 6 rings (SSSR count). The minimum atomic E-state index is -4.24. The van der Waals surface area contributed by atoms with Crippen molar-refractivity contribution in [1.29, 1.82) is 0 Å². The molecule has 6 nitrogen and oxygen atoms in total. The lowest BCUT2D eigenvalue weighted by Gasteiger charge is -2.15. The van der Waals surface area contributed by atoms with Gasteiger partial charge in [-0.2, -0.15) is 11.3 Å². The summed E-state index contributed by atoms with van der Waals surface area (Å²) in [6.45, 7) is 9.61. The molecular formula is C33H20ClFN2O4S2. The van der Waals surface area contributed by atoms with Crippen LogP contribution in [0.1, 0.15) is 15.9 Å². The van der Waals surface area contributed by atoms with Crippen LogP contribution in [0.4, 0.5) is 9.39 Å². The van der Waals surface area contributed by atoms with Gasteiger partial charge < -0.3 is 5.11 Å². The van der Waals surface area contributed by atoms with Gasteiger partial charge in [-0.15, -0.1) is 0 Å². The zero-order chi connectivity index (χ0) is 30.5. The fourth-order valence-corrected chi connectivity index (χ4v) is 7.65. The van der Waals surface area contributed by atoms with Crippen LogP contribution >= 0.6 is 22.9 Å². The topological polar surface area (TPSA) is 80.7 Å². The van der Waals surface area contributed by atoms with Crippen LogP contribution in [0.15, 0.2) is 101 Å². The highest BCUT2D eigenvalue weighted by Gasteiger charge is 2.30. The van der Waals surface area contributed by atoms with Crippen LogP contribution in [0.25, 0.3) is 49.3 Å². The molecule has 2 aromatic heterocycles. The van der Waals surface area contributed by atoms with E-state index in [0.717, 1.165) is 5.56 Å². The number of hydrogen-bond acceptors (Lipinski definition) is 4. The van der Waals surface area contributed by atoms with Crippen LogP contribution in [0.2, 0.25) is 5.02 Å². The van der Waals surface area contributed by atoms with Crippen molar-refractivity contribution in [2.24, 2.45) is 0 Å². The number of carboxylic acid groups (broad SMARTS) is 1. The van der Waals surface area contributed by atoms with Crippen molar-refractivity contribution in [2.45, 2.75) is 11.8 Å². The summed E-state index contributed by atoms with van der Waals surface area (Å²) in [5.74, 6) is -1.67. The first-order valence-electron chi connectivity index (χ1n) is 12.9. The molecule has 1 N–H and O–H groups in total. The van der Waals surface area contributed by atoms with Crippen LogP contribution in [0, 0.1) is 19.3 Å². The second-order valence-corrected chi connectivity index (χ2v) is 12.9. The minimum absolute atomic E-state index is 0.0302. The van der Waals surface area contributed by atoms with Crippen molar-refractivity contribution in [3.8, 4) is 33.5 Å². The van der Waals surface area contributed by atoms with Crippen LogP contribution in [0.3, 0.4) is 0 Å². The van der Waals surface area contributed by atoms with E-state index in [2.05, 4.69) is 4.85 Å². The number of rotatable bonds is 6. The summed E-state index contributed by atoms with van der Waals surface area (Å²) in [4.78, 5) is 15.2. The van der Waals surface area contributed by atoms with Crippen LogP contribution < -0.4 is 0 Å². The van der Waals surface area contributed by atoms with Gasteiger partial charge in [0.2, 0.25) is 5.00 Å². The van der Waals surface area contributed by atoms with E-state index in [1.165, 1.54) is 57.8 Å². The maximum atomic E-state index is 14.8. The summed E-state index contributed by atoms with van der Waals surface area (Å²) in [6.07, 6.45) is 0. The summed E-state index contributed by atoms with van der Waals surface area (Å²) in [7, 11) is -4.24. The summed E-state index contributed by atoms with van der Waals surface area (Å²) in [5.41, 5.74) is 3.94. The van der Waals surface area contributed by atoms with Gasteiger partial charge in [0.1, 0.15) is 5.82 Å². The fraction of sp³-hybridized carbons (Fsp3) is 0.0303. The number of benzene rings is 4. The summed E-state index contributed by atoms with van der Waals surface area (Å²) < 4.78 is 44.8. The molecule has 0 saturated heterocycles. The van der Waals surface area contributed by atoms with E-state index in [1.807, 2.05) is 6.92 Å². The second kappa shape index (κ2) is 10.8. The molecule has 0 saturated carbocycles. The van der Waals surface area contributed by atoms with Crippen LogP contribution in [-0.2, 0) is 10.0 Å². The number of carboxylic acids is 1. The number of aromatic carboxylic acids is 1. The highest BCUT2D eigenvalue weighted by atomic mass is 35.5. The molecule has 0 bridgehead atoms. The molecule has 0 spiro atoms. The molecule has 0 aliphatic heterocycles. The number of fused-ring (bicyclic) bond motifs is 1. The second-order valence-electron chi connectivity index (χ2n) is 9.80. The van der Waals surface area contributed by atoms with Gasteiger partial charge in [-0.1, -0.05) is 59.6 Å². The average molecular weight is 627 g/mol. The van der Waals surface area contributed by atoms with Gasteiger partial charge in [-0.05, 0) is 66.4 Å². The van der Waals surface area contributed by atoms with Gasteiger partial charge in [-0.25, -0.2) is 26.4 Å². The van der Waals surface area contributed by atoms with E-state index >= 15 is 0 Å². The number of aromatic nitrogens is 1. The van der Waals surface area contributed by atoms with Gasteiger partial charge in [0.25, 0.3) is 10.0 Å². The SMILES string of the molecule is [C-]#[N+]c1sccc1-c1c(-c2cccc(-c3ccc(C(=O)O)cc3Cl)c2)n(S(=O)(=O)c2ccc(C)cc2)c2ccc(F)cc12. The third kappa shape index (κ3) is 4.89. The molecule has 0 radical (unpaired) electrons. The lowest BCUT2D eigenvalue weighted by Crippen LogP contribution is -2.14. The Labute approximate surface area is 255 Å². The number of thiophene rings is 1. The summed E-state index contributed by atoms with van der Waals surface area (Å²) in [6, 6.07) is 23.5. The largest absolute Gasteiger partial charge is 0.478 e. The van der Waals surface area contributed by atoms with Gasteiger partial charge in [0.05, 0.1) is 28.2 Å². The fourth-order valence-electron chi connectivity index (χ4n) is 5.13. The van der Waals surface area contributed by atoms with E-state index < -0.39 is 21.8 Å². The number of carbonyl (C=O) groups is 1. The Morgan fingerprint density at radius 2 is 1.70 bits per heavy atom. The molecule has 0 amide bonds. The van der Waals surface area contributed by atoms with Crippen molar-refractivity contribution in [2.75, 3.05) is 0 Å². The van der Waals surface area contributed by atoms with Gasteiger partial charge in [0, 0.05) is 32.7 Å². The first kappa shape index (κ1) is 28.4. The quantitative estimate of drug-likeness (QED) is 0.187. The van der Waals surface area contributed by atoms with E-state index in [0.29, 0.717) is 38.2 Å². The lowest BCUT2D eigenvalue weighted by molar-refractivity contribution is 0.0697. The zero-order valence-corrected chi connectivity index (χ0v) is 24.8. The van der Waals surface area contributed by atoms with Crippen molar-refractivity contribution >= 4 is 54.8 Å². The Bertz CT molecular complexity index is 2230. The van der Waals surface area contributed by atoms with Gasteiger partial charge in [-0.3, -0.25) is 0 Å². The summed E-state index contributed by atoms with van der Waals surface area (Å²) in [5, 5.41) is 12.0. The minimum Gasteiger partial charge on any atom is -0.478 e. The molecule has 212 valence electrons. The predicted octanol–water partition coefficient (Wildman–Crippen LogP) is 9.29. The molecule has 0 fully saturated rings. The third-order valence-corrected chi connectivity index (χ3v) is 9.97. The first-order valence-corrected chi connectivity index (χ1v) is 15.5. The first-order chi connectivity index (χ1) is 20.6. The van der Waals surface area contributed by atoms with E-state index in [1.54, 1.807) is 53.9 Å². The number of halogens is 2. The summed E-state index contributed by atoms with van der Waals surface area (Å²) >= 11 is 7.71. The molecular weight excluding hydrogens is 607 g/mol.